The molecule has 0 fully saturated rings. The van der Waals surface area contributed by atoms with Crippen LogP contribution in [-0.4, -0.2) is 5.91 Å². The first-order valence-electron chi connectivity index (χ1n) is 7.36. The molecule has 108 valence electrons. The molecule has 2 aromatic carbocycles. The van der Waals surface area contributed by atoms with Crippen LogP contribution in [-0.2, 0) is 17.6 Å². The van der Waals surface area contributed by atoms with Crippen LogP contribution in [0.25, 0.3) is 0 Å². The lowest BCUT2D eigenvalue weighted by Gasteiger charge is -2.16. The molecule has 1 amide bonds. The molecular weight excluding hydrogens is 260 g/mol. The van der Waals surface area contributed by atoms with Crippen molar-refractivity contribution in [3.8, 4) is 0 Å². The van der Waals surface area contributed by atoms with Gasteiger partial charge in [0.25, 0.3) is 0 Å². The van der Waals surface area contributed by atoms with Gasteiger partial charge in [-0.25, -0.2) is 0 Å². The minimum absolute atomic E-state index is 0.0701. The standard InChI is InChI=1S/C18H20N2O/c1-3-12-8-14(9-15-10-16(21)20-18(12)15)17(19)13-6-4-11(2)5-7-13/h4-9,17H,3,10,19H2,1-2H3,(H,20,21). The van der Waals surface area contributed by atoms with Crippen LogP contribution in [0.2, 0.25) is 0 Å². The van der Waals surface area contributed by atoms with E-state index >= 15 is 0 Å². The smallest absolute Gasteiger partial charge is 0.228 e. The Hall–Kier alpha value is -2.13. The van der Waals surface area contributed by atoms with E-state index in [1.807, 2.05) is 0 Å². The van der Waals surface area contributed by atoms with Gasteiger partial charge in [0, 0.05) is 5.69 Å². The molecular formula is C18H20N2O. The van der Waals surface area contributed by atoms with Crippen molar-refractivity contribution in [3.05, 3.63) is 64.2 Å². The highest BCUT2D eigenvalue weighted by Gasteiger charge is 2.22. The van der Waals surface area contributed by atoms with Crippen molar-refractivity contribution >= 4 is 11.6 Å². The quantitative estimate of drug-likeness (QED) is 0.907. The van der Waals surface area contributed by atoms with E-state index in [1.54, 1.807) is 0 Å². The van der Waals surface area contributed by atoms with E-state index in [4.69, 9.17) is 5.73 Å². The SMILES string of the molecule is CCc1cc(C(N)c2ccc(C)cc2)cc2c1NC(=O)C2. The van der Waals surface area contributed by atoms with Crippen molar-refractivity contribution in [1.82, 2.24) is 0 Å². The second-order valence-electron chi connectivity index (χ2n) is 5.68. The normalized spacial score (nSPS) is 14.7. The number of hydrogen-bond acceptors (Lipinski definition) is 2. The van der Waals surface area contributed by atoms with Gasteiger partial charge in [0.05, 0.1) is 12.5 Å². The molecule has 3 nitrogen and oxygen atoms in total. The Kier molecular flexibility index (Phi) is 3.52. The second-order valence-corrected chi connectivity index (χ2v) is 5.68. The maximum atomic E-state index is 11.6. The summed E-state index contributed by atoms with van der Waals surface area (Å²) in [6, 6.07) is 12.3. The monoisotopic (exact) mass is 280 g/mol. The van der Waals surface area contributed by atoms with Gasteiger partial charge in [0.15, 0.2) is 0 Å². The van der Waals surface area contributed by atoms with E-state index in [0.717, 1.165) is 34.4 Å². The number of fused-ring (bicyclic) bond motifs is 1. The van der Waals surface area contributed by atoms with Crippen LogP contribution in [0.5, 0.6) is 0 Å². The third-order valence-corrected chi connectivity index (χ3v) is 4.12. The molecule has 3 heteroatoms. The van der Waals surface area contributed by atoms with Crippen molar-refractivity contribution in [1.29, 1.82) is 0 Å². The van der Waals surface area contributed by atoms with Gasteiger partial charge in [-0.3, -0.25) is 4.79 Å². The zero-order valence-corrected chi connectivity index (χ0v) is 12.4. The van der Waals surface area contributed by atoms with Crippen LogP contribution in [0.3, 0.4) is 0 Å². The third-order valence-electron chi connectivity index (χ3n) is 4.12. The topological polar surface area (TPSA) is 55.1 Å². The number of rotatable bonds is 3. The van der Waals surface area contributed by atoms with Crippen LogP contribution in [0.15, 0.2) is 36.4 Å². The molecule has 21 heavy (non-hydrogen) atoms. The maximum absolute atomic E-state index is 11.6. The largest absolute Gasteiger partial charge is 0.325 e. The summed E-state index contributed by atoms with van der Waals surface area (Å²) in [5.41, 5.74) is 13.0. The molecule has 1 heterocycles. The average Bonchev–Trinajstić information content (AvgIpc) is 2.86. The van der Waals surface area contributed by atoms with Gasteiger partial charge < -0.3 is 11.1 Å². The lowest BCUT2D eigenvalue weighted by molar-refractivity contribution is -0.115. The fourth-order valence-corrected chi connectivity index (χ4v) is 2.88. The number of benzene rings is 2. The molecule has 0 radical (unpaired) electrons. The van der Waals surface area contributed by atoms with Crippen molar-refractivity contribution < 1.29 is 4.79 Å². The molecule has 1 unspecified atom stereocenters. The van der Waals surface area contributed by atoms with E-state index in [-0.39, 0.29) is 11.9 Å². The van der Waals surface area contributed by atoms with Crippen LogP contribution in [0.1, 0.15) is 40.8 Å². The Morgan fingerprint density at radius 3 is 2.57 bits per heavy atom. The first-order chi connectivity index (χ1) is 10.1. The number of nitrogens with one attached hydrogen (secondary N) is 1. The van der Waals surface area contributed by atoms with E-state index < -0.39 is 0 Å². The van der Waals surface area contributed by atoms with E-state index in [9.17, 15) is 4.79 Å². The molecule has 0 saturated carbocycles. The summed E-state index contributed by atoms with van der Waals surface area (Å²) in [5, 5.41) is 2.95. The maximum Gasteiger partial charge on any atom is 0.228 e. The number of hydrogen-bond donors (Lipinski definition) is 2. The minimum atomic E-state index is -0.156. The zero-order chi connectivity index (χ0) is 15.0. The summed E-state index contributed by atoms with van der Waals surface area (Å²) in [6.07, 6.45) is 1.34. The molecule has 1 aliphatic heterocycles. The van der Waals surface area contributed by atoms with Crippen molar-refractivity contribution in [3.63, 3.8) is 0 Å². The Morgan fingerprint density at radius 1 is 1.19 bits per heavy atom. The van der Waals surface area contributed by atoms with Gasteiger partial charge in [-0.05, 0) is 35.6 Å². The summed E-state index contributed by atoms with van der Waals surface area (Å²) in [7, 11) is 0. The Labute approximate surface area is 125 Å². The summed E-state index contributed by atoms with van der Waals surface area (Å²) in [4.78, 5) is 11.6. The predicted octanol–water partition coefficient (Wildman–Crippen LogP) is 3.10. The van der Waals surface area contributed by atoms with Gasteiger partial charge in [-0.1, -0.05) is 48.9 Å². The minimum Gasteiger partial charge on any atom is -0.325 e. The Morgan fingerprint density at radius 2 is 1.90 bits per heavy atom. The van der Waals surface area contributed by atoms with E-state index in [2.05, 4.69) is 55.6 Å². The fraction of sp³-hybridized carbons (Fsp3) is 0.278. The highest BCUT2D eigenvalue weighted by atomic mass is 16.1. The predicted molar refractivity (Wildman–Crippen MR) is 85.4 cm³/mol. The first-order valence-corrected chi connectivity index (χ1v) is 7.36. The molecule has 1 aliphatic rings. The average molecular weight is 280 g/mol. The molecule has 3 rings (SSSR count). The number of aryl methyl sites for hydroxylation is 2. The third kappa shape index (κ3) is 2.57. The first kappa shape index (κ1) is 13.8. The van der Waals surface area contributed by atoms with Gasteiger partial charge in [-0.15, -0.1) is 0 Å². The van der Waals surface area contributed by atoms with E-state index in [1.165, 1.54) is 5.56 Å². The summed E-state index contributed by atoms with van der Waals surface area (Å²) >= 11 is 0. The fourth-order valence-electron chi connectivity index (χ4n) is 2.88. The number of carbonyl (C=O) groups is 1. The lowest BCUT2D eigenvalue weighted by Crippen LogP contribution is -2.12. The van der Waals surface area contributed by atoms with Crippen molar-refractivity contribution in [2.75, 3.05) is 5.32 Å². The molecule has 2 aromatic rings. The highest BCUT2D eigenvalue weighted by Crippen LogP contribution is 2.32. The number of nitrogens with two attached hydrogens (primary N) is 1. The summed E-state index contributed by atoms with van der Waals surface area (Å²) < 4.78 is 0. The van der Waals surface area contributed by atoms with Gasteiger partial charge in [0.1, 0.15) is 0 Å². The molecule has 3 N–H and O–H groups in total. The molecule has 0 aromatic heterocycles. The van der Waals surface area contributed by atoms with Crippen LogP contribution < -0.4 is 11.1 Å². The summed E-state index contributed by atoms with van der Waals surface area (Å²) in [5.74, 6) is 0.0701. The zero-order valence-electron chi connectivity index (χ0n) is 12.4. The molecule has 0 spiro atoms. The van der Waals surface area contributed by atoms with E-state index in [0.29, 0.717) is 6.42 Å². The number of amides is 1. The Bertz CT molecular complexity index is 689. The van der Waals surface area contributed by atoms with Gasteiger partial charge >= 0.3 is 0 Å². The van der Waals surface area contributed by atoms with Gasteiger partial charge in [0.2, 0.25) is 5.91 Å². The lowest BCUT2D eigenvalue weighted by atomic mass is 9.93. The van der Waals surface area contributed by atoms with Crippen LogP contribution >= 0.6 is 0 Å². The number of carbonyl (C=O) groups excluding carboxylic acids is 1. The molecule has 1 atom stereocenters. The van der Waals surface area contributed by atoms with Crippen molar-refractivity contribution in [2.45, 2.75) is 32.7 Å². The van der Waals surface area contributed by atoms with Crippen LogP contribution in [0.4, 0.5) is 5.69 Å². The molecule has 0 aliphatic carbocycles. The number of anilines is 1. The second kappa shape index (κ2) is 5.34. The Balaban J connectivity index is 2.01. The van der Waals surface area contributed by atoms with Gasteiger partial charge in [-0.2, -0.15) is 0 Å². The molecule has 0 saturated heterocycles. The van der Waals surface area contributed by atoms with Crippen molar-refractivity contribution in [2.24, 2.45) is 5.73 Å². The summed E-state index contributed by atoms with van der Waals surface area (Å²) in [6.45, 7) is 4.17. The van der Waals surface area contributed by atoms with Crippen LogP contribution in [0, 0.1) is 6.92 Å². The highest BCUT2D eigenvalue weighted by molar-refractivity contribution is 6.00. The molecule has 0 bridgehead atoms.